The van der Waals surface area contributed by atoms with Gasteiger partial charge in [0.25, 0.3) is 0 Å². The van der Waals surface area contributed by atoms with Crippen LogP contribution in [0.4, 0.5) is 0 Å². The molecule has 0 amide bonds. The van der Waals surface area contributed by atoms with Gasteiger partial charge in [-0.05, 0) is 6.92 Å². The maximum Gasteiger partial charge on any atom is 0.138 e. The van der Waals surface area contributed by atoms with Gasteiger partial charge in [-0.1, -0.05) is 0 Å². The minimum atomic E-state index is -0.0247. The van der Waals surface area contributed by atoms with Crippen LogP contribution in [-0.4, -0.2) is 13.1 Å². The Balaban J connectivity index is 2.85. The fraction of sp³-hybridized carbons (Fsp3) is 0.500. The third kappa shape index (κ3) is 4.16. The van der Waals surface area contributed by atoms with Gasteiger partial charge in [-0.3, -0.25) is 4.79 Å². The van der Waals surface area contributed by atoms with Crippen molar-refractivity contribution in [3.05, 3.63) is 0 Å². The molecule has 0 aromatic carbocycles. The van der Waals surface area contributed by atoms with Gasteiger partial charge in [0, 0.05) is 0 Å². The fourth-order valence-electron chi connectivity index (χ4n) is 0. The average Bonchev–Trinajstić information content (AvgIpc) is 1.38. The molecule has 0 aromatic rings. The Morgan fingerprint density at radius 2 is 2.20 bits per heavy atom. The van der Waals surface area contributed by atoms with Crippen molar-refractivity contribution in [2.24, 2.45) is 0 Å². The van der Waals surface area contributed by atoms with Crippen molar-refractivity contribution >= 4 is 21.5 Å². The quantitative estimate of drug-likeness (QED) is 0.331. The van der Waals surface area contributed by atoms with E-state index in [9.17, 15) is 4.79 Å². The number of rotatable bonds is 1. The Bertz CT molecular complexity index is 44.9. The summed E-state index contributed by atoms with van der Waals surface area (Å²) in [5.41, 5.74) is 0.0602. The van der Waals surface area contributed by atoms with E-state index in [2.05, 4.69) is 0 Å². The van der Waals surface area contributed by atoms with Gasteiger partial charge < -0.3 is 0 Å². The molecule has 0 fully saturated rings. The van der Waals surface area contributed by atoms with Gasteiger partial charge in [0.15, 0.2) is 0 Å². The van der Waals surface area contributed by atoms with Crippen molar-refractivity contribution in [3.63, 3.8) is 0 Å². The van der Waals surface area contributed by atoms with E-state index >= 15 is 0 Å². The van der Waals surface area contributed by atoms with E-state index in [-0.39, 0.29) is 14.0 Å². The van der Waals surface area contributed by atoms with Crippen LogP contribution in [0.5, 0.6) is 0 Å². The topological polar surface area (TPSA) is 17.1 Å². The van der Waals surface area contributed by atoms with Crippen LogP contribution >= 0.6 is 8.46 Å². The Morgan fingerprint density at radius 3 is 2.20 bits per heavy atom. The van der Waals surface area contributed by atoms with E-state index in [1.54, 1.807) is 0 Å². The normalized spacial score (nSPS) is 9.80. The van der Waals surface area contributed by atoms with Gasteiger partial charge in [0.05, 0.1) is 0 Å². The molecular formula is C2H4BOP. The summed E-state index contributed by atoms with van der Waals surface area (Å²) in [4.78, 5) is 9.70. The third-order valence-corrected chi connectivity index (χ3v) is 0.610. The van der Waals surface area contributed by atoms with Crippen LogP contribution in [0.3, 0.4) is 0 Å². The standard InChI is InChI=1S/C2H4BOP/c1-2(4)5-3/h5H,1H3. The lowest BCUT2D eigenvalue weighted by Gasteiger charge is -1.72. The van der Waals surface area contributed by atoms with Crippen LogP contribution in [0, 0.1) is 0 Å². The molecule has 0 aliphatic rings. The van der Waals surface area contributed by atoms with Crippen LogP contribution in [0.15, 0.2) is 0 Å². The lowest BCUT2D eigenvalue weighted by atomic mass is 10.8. The highest BCUT2D eigenvalue weighted by atomic mass is 31.1. The molecule has 2 radical (unpaired) electrons. The first-order valence-corrected chi connectivity index (χ1v) is 2.32. The highest BCUT2D eigenvalue weighted by Crippen LogP contribution is 1.97. The minimum Gasteiger partial charge on any atom is -0.296 e. The van der Waals surface area contributed by atoms with E-state index in [1.807, 2.05) is 0 Å². The van der Waals surface area contributed by atoms with Crippen molar-refractivity contribution in [2.45, 2.75) is 6.92 Å². The zero-order chi connectivity index (χ0) is 4.28. The molecule has 5 heavy (non-hydrogen) atoms. The molecule has 3 heteroatoms. The summed E-state index contributed by atoms with van der Waals surface area (Å²) in [6.07, 6.45) is 0. The summed E-state index contributed by atoms with van der Waals surface area (Å²) in [5.74, 6) is 0. The predicted octanol–water partition coefficient (Wildman–Crippen LogP) is 0.295. The molecule has 1 unspecified atom stereocenters. The Labute approximate surface area is 34.3 Å². The van der Waals surface area contributed by atoms with Crippen molar-refractivity contribution in [3.8, 4) is 0 Å². The van der Waals surface area contributed by atoms with Crippen LogP contribution in [0.1, 0.15) is 6.92 Å². The van der Waals surface area contributed by atoms with Crippen molar-refractivity contribution in [2.75, 3.05) is 0 Å². The van der Waals surface area contributed by atoms with Crippen LogP contribution in [0.25, 0.3) is 0 Å². The monoisotopic (exact) mass is 86.0 g/mol. The van der Waals surface area contributed by atoms with E-state index in [4.69, 9.17) is 7.57 Å². The molecule has 26 valence electrons. The zero-order valence-corrected chi connectivity index (χ0v) is 3.99. The maximum atomic E-state index is 9.70. The van der Waals surface area contributed by atoms with Gasteiger partial charge >= 0.3 is 0 Å². The van der Waals surface area contributed by atoms with E-state index < -0.39 is 0 Å². The van der Waals surface area contributed by atoms with Crippen LogP contribution < -0.4 is 0 Å². The lowest BCUT2D eigenvalue weighted by Crippen LogP contribution is -1.70. The second-order valence-electron chi connectivity index (χ2n) is 0.701. The SMILES string of the molecule is [B]PC(C)=O. The molecule has 0 aromatic heterocycles. The second-order valence-corrected chi connectivity index (χ2v) is 1.69. The predicted molar refractivity (Wildman–Crippen MR) is 24.7 cm³/mol. The van der Waals surface area contributed by atoms with Gasteiger partial charge in [-0.2, -0.15) is 0 Å². The van der Waals surface area contributed by atoms with Crippen molar-refractivity contribution in [1.82, 2.24) is 0 Å². The third-order valence-electron chi connectivity index (χ3n) is 0.203. The second kappa shape index (κ2) is 2.41. The number of hydrogen-bond donors (Lipinski definition) is 0. The molecule has 0 bridgehead atoms. The number of hydrogen-bond acceptors (Lipinski definition) is 1. The van der Waals surface area contributed by atoms with Crippen molar-refractivity contribution < 1.29 is 4.79 Å². The van der Waals surface area contributed by atoms with Gasteiger partial charge in [-0.15, -0.1) is 8.46 Å². The van der Waals surface area contributed by atoms with Gasteiger partial charge in [-0.25, -0.2) is 0 Å². The molecule has 0 saturated heterocycles. The van der Waals surface area contributed by atoms with Crippen molar-refractivity contribution in [1.29, 1.82) is 0 Å². The Hall–Kier alpha value is 0.165. The Morgan fingerprint density at radius 1 is 2.00 bits per heavy atom. The molecule has 1 nitrogen and oxygen atoms in total. The molecule has 0 heterocycles. The van der Waals surface area contributed by atoms with E-state index in [0.717, 1.165) is 0 Å². The van der Waals surface area contributed by atoms with Gasteiger partial charge in [0.2, 0.25) is 0 Å². The largest absolute Gasteiger partial charge is 0.296 e. The van der Waals surface area contributed by atoms with Crippen LogP contribution in [-0.2, 0) is 4.79 Å². The van der Waals surface area contributed by atoms with Crippen LogP contribution in [0.2, 0.25) is 0 Å². The highest BCUT2D eigenvalue weighted by Gasteiger charge is 1.76. The van der Waals surface area contributed by atoms with E-state index in [0.29, 0.717) is 0 Å². The first kappa shape index (κ1) is 5.16. The van der Waals surface area contributed by atoms with Gasteiger partial charge in [0.1, 0.15) is 13.1 Å². The fourth-order valence-corrected chi connectivity index (χ4v) is 0. The first-order chi connectivity index (χ1) is 2.27. The molecule has 0 saturated carbocycles. The number of carbonyl (C=O) groups excluding carboxylic acids is 1. The Kier molecular flexibility index (Phi) is 2.48. The summed E-state index contributed by atoms with van der Waals surface area (Å²) in [7, 11) is 4.82. The summed E-state index contributed by atoms with van der Waals surface area (Å²) in [6.45, 7) is 1.47. The summed E-state index contributed by atoms with van der Waals surface area (Å²) in [5, 5.41) is 0. The molecule has 0 rings (SSSR count). The molecule has 1 atom stereocenters. The zero-order valence-electron chi connectivity index (χ0n) is 2.99. The lowest BCUT2D eigenvalue weighted by molar-refractivity contribution is -0.109. The summed E-state index contributed by atoms with van der Waals surface area (Å²) in [6, 6.07) is 0. The minimum absolute atomic E-state index is 0.0247. The molecule has 0 aliphatic carbocycles. The maximum absolute atomic E-state index is 9.70. The average molecular weight is 85.8 g/mol. The molecule has 0 spiro atoms. The van der Waals surface area contributed by atoms with E-state index in [1.165, 1.54) is 6.92 Å². The molecule has 0 N–H and O–H groups in total. The highest BCUT2D eigenvalue weighted by molar-refractivity contribution is 7.80. The number of carbonyl (C=O) groups is 1. The summed E-state index contributed by atoms with van der Waals surface area (Å²) < 4.78 is 0. The summed E-state index contributed by atoms with van der Waals surface area (Å²) >= 11 is 0. The molecular weight excluding hydrogens is 81.8 g/mol. The first-order valence-electron chi connectivity index (χ1n) is 1.24. The smallest absolute Gasteiger partial charge is 0.138 e. The molecule has 0 aliphatic heterocycles.